The number of anilines is 1. The third-order valence-corrected chi connectivity index (χ3v) is 4.97. The normalized spacial score (nSPS) is 14.3. The van der Waals surface area contributed by atoms with E-state index in [4.69, 9.17) is 16.3 Å². The van der Waals surface area contributed by atoms with Crippen molar-refractivity contribution in [3.8, 4) is 0 Å². The molecule has 1 aliphatic heterocycles. The average Bonchev–Trinajstić information content (AvgIpc) is 2.92. The number of imide groups is 1. The molecule has 0 unspecified atom stereocenters. The van der Waals surface area contributed by atoms with Crippen molar-refractivity contribution in [2.75, 3.05) is 18.5 Å². The minimum absolute atomic E-state index is 0.0749. The number of amides is 2. The highest BCUT2D eigenvalue weighted by Gasteiger charge is 2.39. The molecular weight excluding hydrogens is 407 g/mol. The zero-order valence-corrected chi connectivity index (χ0v) is 17.9. The molecule has 0 aliphatic carbocycles. The van der Waals surface area contributed by atoms with E-state index in [0.29, 0.717) is 29.3 Å². The molecule has 0 fully saturated rings. The molecule has 158 valence electrons. The molecule has 0 saturated carbocycles. The second-order valence-corrected chi connectivity index (χ2v) is 7.81. The van der Waals surface area contributed by atoms with Crippen LogP contribution in [0.2, 0.25) is 5.02 Å². The van der Waals surface area contributed by atoms with Crippen LogP contribution in [-0.4, -0.2) is 36.0 Å². The lowest BCUT2D eigenvalue weighted by atomic mass is 10.0. The fraction of sp³-hybridized carbons (Fsp3) is 0.304. The first-order valence-electron chi connectivity index (χ1n) is 9.79. The van der Waals surface area contributed by atoms with Crippen molar-refractivity contribution in [3.63, 3.8) is 0 Å². The zero-order chi connectivity index (χ0) is 21.8. The van der Waals surface area contributed by atoms with Crippen molar-refractivity contribution < 1.29 is 18.7 Å². The predicted molar refractivity (Wildman–Crippen MR) is 116 cm³/mol. The van der Waals surface area contributed by atoms with E-state index in [2.05, 4.69) is 5.32 Å². The van der Waals surface area contributed by atoms with Crippen molar-refractivity contribution >= 4 is 34.7 Å². The van der Waals surface area contributed by atoms with Crippen LogP contribution in [-0.2, 0) is 14.3 Å². The number of benzene rings is 2. The van der Waals surface area contributed by atoms with Gasteiger partial charge in [-0.3, -0.25) is 14.5 Å². The molecule has 0 atom stereocenters. The first-order valence-corrected chi connectivity index (χ1v) is 10.2. The zero-order valence-electron chi connectivity index (χ0n) is 17.2. The molecule has 0 saturated heterocycles. The van der Waals surface area contributed by atoms with Crippen LogP contribution in [0.5, 0.6) is 0 Å². The van der Waals surface area contributed by atoms with Gasteiger partial charge in [-0.15, -0.1) is 0 Å². The minimum atomic E-state index is -0.428. The van der Waals surface area contributed by atoms with Crippen LogP contribution >= 0.6 is 11.6 Å². The van der Waals surface area contributed by atoms with Gasteiger partial charge in [0.15, 0.2) is 0 Å². The molecule has 2 aromatic carbocycles. The average molecular weight is 431 g/mol. The summed E-state index contributed by atoms with van der Waals surface area (Å²) in [5.41, 5.74) is 2.33. The van der Waals surface area contributed by atoms with E-state index in [9.17, 15) is 14.0 Å². The number of nitrogens with one attached hydrogen (secondary N) is 1. The lowest BCUT2D eigenvalue weighted by Gasteiger charge is -2.16. The topological polar surface area (TPSA) is 58.6 Å². The van der Waals surface area contributed by atoms with E-state index in [1.807, 2.05) is 26.8 Å². The van der Waals surface area contributed by atoms with Crippen LogP contribution in [0.25, 0.3) is 5.57 Å². The van der Waals surface area contributed by atoms with E-state index < -0.39 is 17.6 Å². The number of carbonyl (C=O) groups excluding carboxylic acids is 2. The second-order valence-electron chi connectivity index (χ2n) is 7.38. The highest BCUT2D eigenvalue weighted by molar-refractivity contribution is 6.36. The molecule has 0 radical (unpaired) electrons. The fourth-order valence-corrected chi connectivity index (χ4v) is 3.36. The van der Waals surface area contributed by atoms with Gasteiger partial charge in [0.25, 0.3) is 11.8 Å². The van der Waals surface area contributed by atoms with Crippen LogP contribution in [0.4, 0.5) is 10.1 Å². The SMILES string of the molecule is Cc1ccc(Cl)cc1NC1=C(c2ccc(F)cc2)C(=O)N(CCCOC(C)C)C1=O. The van der Waals surface area contributed by atoms with Crippen molar-refractivity contribution in [1.82, 2.24) is 4.90 Å². The van der Waals surface area contributed by atoms with E-state index in [-0.39, 0.29) is 23.9 Å². The Labute approximate surface area is 180 Å². The van der Waals surface area contributed by atoms with Crippen molar-refractivity contribution in [1.29, 1.82) is 0 Å². The van der Waals surface area contributed by atoms with Gasteiger partial charge in [0.05, 0.1) is 11.7 Å². The number of ether oxygens (including phenoxy) is 1. The Balaban J connectivity index is 1.94. The van der Waals surface area contributed by atoms with Gasteiger partial charge in [-0.25, -0.2) is 4.39 Å². The first-order chi connectivity index (χ1) is 14.3. The molecule has 0 bridgehead atoms. The van der Waals surface area contributed by atoms with Crippen LogP contribution < -0.4 is 5.32 Å². The maximum Gasteiger partial charge on any atom is 0.278 e. The molecule has 30 heavy (non-hydrogen) atoms. The standard InChI is InChI=1S/C23H24ClFN2O3/c1-14(2)30-12-4-11-27-22(28)20(16-6-9-18(25)10-7-16)21(23(27)29)26-19-13-17(24)8-5-15(19)3/h5-10,13-14,26H,4,11-12H2,1-3H3. The monoisotopic (exact) mass is 430 g/mol. The molecule has 2 aromatic rings. The fourth-order valence-electron chi connectivity index (χ4n) is 3.18. The van der Waals surface area contributed by atoms with Gasteiger partial charge in [0.2, 0.25) is 0 Å². The maximum absolute atomic E-state index is 13.4. The van der Waals surface area contributed by atoms with E-state index in [0.717, 1.165) is 5.56 Å². The molecule has 7 heteroatoms. The van der Waals surface area contributed by atoms with E-state index in [1.165, 1.54) is 29.2 Å². The second kappa shape index (κ2) is 9.41. The molecule has 1 N–H and O–H groups in total. The smallest absolute Gasteiger partial charge is 0.278 e. The maximum atomic E-state index is 13.4. The number of hydrogen-bond donors (Lipinski definition) is 1. The summed E-state index contributed by atoms with van der Waals surface area (Å²) in [7, 11) is 0. The lowest BCUT2D eigenvalue weighted by molar-refractivity contribution is -0.137. The van der Waals surface area contributed by atoms with E-state index in [1.54, 1.807) is 12.1 Å². The molecule has 3 rings (SSSR count). The Morgan fingerprint density at radius 3 is 2.47 bits per heavy atom. The van der Waals surface area contributed by atoms with Gasteiger partial charge < -0.3 is 10.1 Å². The molecule has 0 aromatic heterocycles. The number of nitrogens with zero attached hydrogens (tertiary/aromatic N) is 1. The van der Waals surface area contributed by atoms with Gasteiger partial charge >= 0.3 is 0 Å². The summed E-state index contributed by atoms with van der Waals surface area (Å²) >= 11 is 6.10. The van der Waals surface area contributed by atoms with Crippen LogP contribution in [0.3, 0.4) is 0 Å². The van der Waals surface area contributed by atoms with Gasteiger partial charge in [0, 0.05) is 23.9 Å². The van der Waals surface area contributed by atoms with Crippen LogP contribution in [0.1, 0.15) is 31.4 Å². The number of rotatable bonds is 8. The lowest BCUT2D eigenvalue weighted by Crippen LogP contribution is -2.34. The van der Waals surface area contributed by atoms with Crippen molar-refractivity contribution in [2.45, 2.75) is 33.3 Å². The largest absolute Gasteiger partial charge is 0.379 e. The Morgan fingerprint density at radius 1 is 1.10 bits per heavy atom. The summed E-state index contributed by atoms with van der Waals surface area (Å²) in [6.07, 6.45) is 0.599. The Hall–Kier alpha value is -2.70. The predicted octanol–water partition coefficient (Wildman–Crippen LogP) is 4.79. The highest BCUT2D eigenvalue weighted by atomic mass is 35.5. The number of carbonyl (C=O) groups is 2. The minimum Gasteiger partial charge on any atom is -0.379 e. The summed E-state index contributed by atoms with van der Waals surface area (Å²) in [4.78, 5) is 27.5. The molecule has 1 heterocycles. The van der Waals surface area contributed by atoms with Gasteiger partial charge in [-0.05, 0) is 62.6 Å². The third-order valence-electron chi connectivity index (χ3n) is 4.74. The van der Waals surface area contributed by atoms with Crippen LogP contribution in [0.15, 0.2) is 48.2 Å². The quantitative estimate of drug-likeness (QED) is 0.483. The number of hydrogen-bond acceptors (Lipinski definition) is 4. The highest BCUT2D eigenvalue weighted by Crippen LogP contribution is 2.32. The summed E-state index contributed by atoms with van der Waals surface area (Å²) in [6, 6.07) is 10.8. The van der Waals surface area contributed by atoms with Crippen molar-refractivity contribution in [3.05, 3.63) is 70.1 Å². The molecule has 2 amide bonds. The summed E-state index contributed by atoms with van der Waals surface area (Å²) in [5.74, 6) is -1.26. The molecule has 5 nitrogen and oxygen atoms in total. The Kier molecular flexibility index (Phi) is 6.90. The van der Waals surface area contributed by atoms with Gasteiger partial charge in [-0.2, -0.15) is 0 Å². The third kappa shape index (κ3) is 4.89. The van der Waals surface area contributed by atoms with E-state index >= 15 is 0 Å². The summed E-state index contributed by atoms with van der Waals surface area (Å²) in [6.45, 7) is 6.40. The van der Waals surface area contributed by atoms with Gasteiger partial charge in [0.1, 0.15) is 11.5 Å². The number of aryl methyl sites for hydroxylation is 1. The first kappa shape index (κ1) is 22.0. The summed E-state index contributed by atoms with van der Waals surface area (Å²) < 4.78 is 18.9. The Bertz CT molecular complexity index is 986. The summed E-state index contributed by atoms with van der Waals surface area (Å²) in [5, 5.41) is 3.60. The van der Waals surface area contributed by atoms with Crippen molar-refractivity contribution in [2.24, 2.45) is 0 Å². The van der Waals surface area contributed by atoms with Crippen LogP contribution in [0, 0.1) is 12.7 Å². The molecular formula is C23H24ClFN2O3. The molecule has 0 spiro atoms. The number of halogens is 2. The Morgan fingerprint density at radius 2 is 1.80 bits per heavy atom. The molecule has 1 aliphatic rings. The van der Waals surface area contributed by atoms with Gasteiger partial charge in [-0.1, -0.05) is 29.8 Å².